The van der Waals surface area contributed by atoms with Gasteiger partial charge in [-0.15, -0.1) is 0 Å². The van der Waals surface area contributed by atoms with Gasteiger partial charge in [-0.3, -0.25) is 9.69 Å². The maximum atomic E-state index is 13.1. The average molecular weight is 468 g/mol. The van der Waals surface area contributed by atoms with Crippen LogP contribution >= 0.6 is 11.6 Å². The van der Waals surface area contributed by atoms with E-state index in [2.05, 4.69) is 10.2 Å². The molecule has 4 rings (SSSR count). The van der Waals surface area contributed by atoms with Crippen molar-refractivity contribution in [2.24, 2.45) is 5.92 Å². The van der Waals surface area contributed by atoms with Crippen LogP contribution in [-0.2, 0) is 17.5 Å². The number of hydrogen-bond acceptors (Lipinski definition) is 4. The number of amides is 1. The first-order chi connectivity index (χ1) is 15.2. The van der Waals surface area contributed by atoms with Crippen molar-refractivity contribution in [3.8, 4) is 5.75 Å². The van der Waals surface area contributed by atoms with Gasteiger partial charge >= 0.3 is 6.18 Å². The number of carbonyl (C=O) groups is 1. The van der Waals surface area contributed by atoms with Gasteiger partial charge in [0.25, 0.3) is 0 Å². The molecule has 2 fully saturated rings. The highest BCUT2D eigenvalue weighted by molar-refractivity contribution is 6.33. The number of benzene rings is 2. The molecule has 5 nitrogen and oxygen atoms in total. The van der Waals surface area contributed by atoms with Crippen LogP contribution in [0.15, 0.2) is 36.4 Å². The van der Waals surface area contributed by atoms with Gasteiger partial charge in [-0.05, 0) is 43.4 Å². The Hall–Kier alpha value is -2.45. The minimum absolute atomic E-state index is 0.111. The molecule has 0 radical (unpaired) electrons. The molecule has 0 saturated carbocycles. The van der Waals surface area contributed by atoms with E-state index in [0.29, 0.717) is 47.1 Å². The Morgan fingerprint density at radius 2 is 1.91 bits per heavy atom. The molecule has 9 heteroatoms. The van der Waals surface area contributed by atoms with E-state index in [-0.39, 0.29) is 23.9 Å². The van der Waals surface area contributed by atoms with Crippen molar-refractivity contribution in [1.82, 2.24) is 4.90 Å². The van der Waals surface area contributed by atoms with Crippen LogP contribution in [0.3, 0.4) is 0 Å². The smallest absolute Gasteiger partial charge is 0.416 e. The molecule has 2 unspecified atom stereocenters. The lowest BCUT2D eigenvalue weighted by Gasteiger charge is -2.38. The molecule has 2 saturated heterocycles. The summed E-state index contributed by atoms with van der Waals surface area (Å²) in [6.07, 6.45) is -1.17. The fourth-order valence-corrected chi connectivity index (χ4v) is 5.04. The standard InChI is InChI=1S/C23H25ClF3N3O2/c1-32-21-11-19(28)18(24)10-20(21)29-22(31)14-8-16-5-6-17(9-14)30(16)12-13-3-2-4-15(7-13)23(25,26)27/h2-4,7,10-11,14,16-17H,5-6,8-9,12,28H2,1H3,(H,29,31). The van der Waals surface area contributed by atoms with Crippen LogP contribution in [0.4, 0.5) is 24.5 Å². The van der Waals surface area contributed by atoms with E-state index < -0.39 is 11.7 Å². The number of nitrogens with two attached hydrogens (primary N) is 1. The van der Waals surface area contributed by atoms with E-state index >= 15 is 0 Å². The first-order valence-electron chi connectivity index (χ1n) is 10.5. The molecule has 0 spiro atoms. The minimum atomic E-state index is -4.36. The summed E-state index contributed by atoms with van der Waals surface area (Å²) in [5, 5.41) is 3.24. The Labute approximate surface area is 189 Å². The first-order valence-corrected chi connectivity index (χ1v) is 10.9. The summed E-state index contributed by atoms with van der Waals surface area (Å²) in [5.41, 5.74) is 6.64. The van der Waals surface area contributed by atoms with Gasteiger partial charge in [0, 0.05) is 30.6 Å². The maximum absolute atomic E-state index is 13.1. The fraction of sp³-hybridized carbons (Fsp3) is 0.435. The summed E-state index contributed by atoms with van der Waals surface area (Å²) in [6, 6.07) is 8.95. The van der Waals surface area contributed by atoms with Gasteiger partial charge in [0.15, 0.2) is 0 Å². The number of piperidine rings is 1. The van der Waals surface area contributed by atoms with Gasteiger partial charge < -0.3 is 15.8 Å². The number of nitrogens with zero attached hydrogens (tertiary/aromatic N) is 1. The lowest BCUT2D eigenvalue weighted by Crippen LogP contribution is -2.45. The van der Waals surface area contributed by atoms with Crippen molar-refractivity contribution < 1.29 is 22.7 Å². The summed E-state index contributed by atoms with van der Waals surface area (Å²) < 4.78 is 44.4. The molecule has 2 atom stereocenters. The summed E-state index contributed by atoms with van der Waals surface area (Å²) in [4.78, 5) is 15.2. The third kappa shape index (κ3) is 4.66. The second-order valence-corrected chi connectivity index (χ2v) is 8.89. The monoisotopic (exact) mass is 467 g/mol. The number of ether oxygens (including phenoxy) is 1. The zero-order valence-corrected chi connectivity index (χ0v) is 18.3. The number of halogens is 4. The quantitative estimate of drug-likeness (QED) is 0.583. The zero-order chi connectivity index (χ0) is 23.0. The number of anilines is 2. The second kappa shape index (κ2) is 8.83. The van der Waals surface area contributed by atoms with Crippen LogP contribution in [0.1, 0.15) is 36.8 Å². The largest absolute Gasteiger partial charge is 0.494 e. The van der Waals surface area contributed by atoms with E-state index in [0.717, 1.165) is 18.9 Å². The van der Waals surface area contributed by atoms with Gasteiger partial charge in [0.1, 0.15) is 5.75 Å². The molecule has 0 aliphatic carbocycles. The summed E-state index contributed by atoms with van der Waals surface area (Å²) in [6.45, 7) is 0.453. The molecule has 32 heavy (non-hydrogen) atoms. The summed E-state index contributed by atoms with van der Waals surface area (Å²) >= 11 is 6.09. The van der Waals surface area contributed by atoms with E-state index in [9.17, 15) is 18.0 Å². The normalized spacial score (nSPS) is 23.2. The van der Waals surface area contributed by atoms with E-state index in [4.69, 9.17) is 22.1 Å². The van der Waals surface area contributed by atoms with Crippen molar-refractivity contribution in [2.75, 3.05) is 18.2 Å². The number of fused-ring (bicyclic) bond motifs is 2. The van der Waals surface area contributed by atoms with Gasteiger partial charge in [0.05, 0.1) is 29.1 Å². The number of nitrogens with one attached hydrogen (secondary N) is 1. The first kappa shape index (κ1) is 22.7. The van der Waals surface area contributed by atoms with Crippen LogP contribution in [0.25, 0.3) is 0 Å². The fourth-order valence-electron chi connectivity index (χ4n) is 4.87. The SMILES string of the molecule is COc1cc(N)c(Cl)cc1NC(=O)C1CC2CCC(C1)N2Cc1cccc(C(F)(F)F)c1. The van der Waals surface area contributed by atoms with Crippen molar-refractivity contribution in [3.63, 3.8) is 0 Å². The Balaban J connectivity index is 1.43. The van der Waals surface area contributed by atoms with Gasteiger partial charge in [-0.25, -0.2) is 0 Å². The Morgan fingerprint density at radius 3 is 2.53 bits per heavy atom. The van der Waals surface area contributed by atoms with Gasteiger partial charge in [0.2, 0.25) is 5.91 Å². The predicted octanol–water partition coefficient (Wildman–Crippen LogP) is 5.33. The van der Waals surface area contributed by atoms with E-state index in [1.807, 2.05) is 0 Å². The van der Waals surface area contributed by atoms with Crippen molar-refractivity contribution >= 4 is 28.9 Å². The molecule has 2 aliphatic heterocycles. The summed E-state index contributed by atoms with van der Waals surface area (Å²) in [5.74, 6) is 0.135. The van der Waals surface area contributed by atoms with Crippen LogP contribution < -0.4 is 15.8 Å². The molecule has 2 heterocycles. The molecule has 2 aliphatic rings. The molecule has 2 bridgehead atoms. The topological polar surface area (TPSA) is 67.6 Å². The second-order valence-electron chi connectivity index (χ2n) is 8.49. The maximum Gasteiger partial charge on any atom is 0.416 e. The average Bonchev–Trinajstić information content (AvgIpc) is 2.96. The van der Waals surface area contributed by atoms with Crippen molar-refractivity contribution in [3.05, 3.63) is 52.5 Å². The van der Waals surface area contributed by atoms with Crippen molar-refractivity contribution in [2.45, 2.75) is 50.5 Å². The predicted molar refractivity (Wildman–Crippen MR) is 118 cm³/mol. The number of hydrogen-bond donors (Lipinski definition) is 2. The van der Waals surface area contributed by atoms with Crippen LogP contribution in [0.2, 0.25) is 5.02 Å². The van der Waals surface area contributed by atoms with Gasteiger partial charge in [-0.2, -0.15) is 13.2 Å². The van der Waals surface area contributed by atoms with E-state index in [1.165, 1.54) is 19.2 Å². The third-order valence-electron chi connectivity index (χ3n) is 6.45. The third-order valence-corrected chi connectivity index (χ3v) is 6.78. The molecular weight excluding hydrogens is 443 g/mol. The highest BCUT2D eigenvalue weighted by Gasteiger charge is 2.43. The minimum Gasteiger partial charge on any atom is -0.494 e. The zero-order valence-electron chi connectivity index (χ0n) is 17.6. The highest BCUT2D eigenvalue weighted by Crippen LogP contribution is 2.41. The molecule has 2 aromatic carbocycles. The molecule has 172 valence electrons. The Kier molecular flexibility index (Phi) is 6.27. The lowest BCUT2D eigenvalue weighted by atomic mass is 9.89. The van der Waals surface area contributed by atoms with Crippen molar-refractivity contribution in [1.29, 1.82) is 0 Å². The number of carbonyl (C=O) groups excluding carboxylic acids is 1. The number of methoxy groups -OCH3 is 1. The van der Waals surface area contributed by atoms with Crippen LogP contribution in [0, 0.1) is 5.92 Å². The molecule has 3 N–H and O–H groups in total. The Morgan fingerprint density at radius 1 is 1.22 bits per heavy atom. The molecule has 1 amide bonds. The van der Waals surface area contributed by atoms with Crippen LogP contribution in [0.5, 0.6) is 5.75 Å². The molecule has 0 aromatic heterocycles. The lowest BCUT2D eigenvalue weighted by molar-refractivity contribution is -0.137. The van der Waals surface area contributed by atoms with Crippen LogP contribution in [-0.4, -0.2) is 30.0 Å². The number of alkyl halides is 3. The number of rotatable bonds is 5. The highest BCUT2D eigenvalue weighted by atomic mass is 35.5. The Bertz CT molecular complexity index is 1000. The van der Waals surface area contributed by atoms with Gasteiger partial charge in [-0.1, -0.05) is 29.8 Å². The molecular formula is C23H25ClF3N3O2. The molecule has 2 aromatic rings. The number of nitrogen functional groups attached to an aromatic ring is 1. The van der Waals surface area contributed by atoms with E-state index in [1.54, 1.807) is 18.2 Å². The summed E-state index contributed by atoms with van der Waals surface area (Å²) in [7, 11) is 1.49.